The zero-order valence-corrected chi connectivity index (χ0v) is 11.2. The van der Waals surface area contributed by atoms with Crippen molar-refractivity contribution in [3.8, 4) is 0 Å². The van der Waals surface area contributed by atoms with Crippen LogP contribution in [0.5, 0.6) is 0 Å². The molecule has 2 heteroatoms. The maximum atomic E-state index is 3.88. The fourth-order valence-corrected chi connectivity index (χ4v) is 3.77. The molecule has 1 aliphatic heterocycles. The largest absolute Gasteiger partial charge is 0.308 e. The van der Waals surface area contributed by atoms with Crippen LogP contribution in [0.25, 0.3) is 0 Å². The van der Waals surface area contributed by atoms with Gasteiger partial charge in [-0.2, -0.15) is 0 Å². The zero-order valence-electron chi connectivity index (χ0n) is 11.2. The minimum Gasteiger partial charge on any atom is -0.308 e. The number of nitrogens with one attached hydrogen (secondary N) is 1. The number of fused-ring (bicyclic) bond motifs is 1. The van der Waals surface area contributed by atoms with Crippen LogP contribution in [0.3, 0.4) is 0 Å². The van der Waals surface area contributed by atoms with Crippen molar-refractivity contribution >= 4 is 0 Å². The van der Waals surface area contributed by atoms with Crippen LogP contribution in [0, 0.1) is 0 Å². The summed E-state index contributed by atoms with van der Waals surface area (Å²) >= 11 is 0. The van der Waals surface area contributed by atoms with Crippen molar-refractivity contribution in [2.45, 2.75) is 83.0 Å². The van der Waals surface area contributed by atoms with Crippen molar-refractivity contribution < 1.29 is 0 Å². The van der Waals surface area contributed by atoms with E-state index < -0.39 is 0 Å². The lowest BCUT2D eigenvalue weighted by atomic mass is 9.90. The highest BCUT2D eigenvalue weighted by atomic mass is 15.3. The number of nitrogens with zero attached hydrogens (tertiary/aromatic N) is 1. The van der Waals surface area contributed by atoms with Gasteiger partial charge in [0.1, 0.15) is 0 Å². The van der Waals surface area contributed by atoms with E-state index in [9.17, 15) is 0 Å². The second-order valence-electron chi connectivity index (χ2n) is 5.79. The average molecular weight is 224 g/mol. The Labute approximate surface area is 101 Å². The van der Waals surface area contributed by atoms with Crippen LogP contribution in [0.1, 0.15) is 58.8 Å². The normalized spacial score (nSPS) is 41.4. The highest BCUT2D eigenvalue weighted by Crippen LogP contribution is 2.29. The molecule has 0 bridgehead atoms. The Hall–Kier alpha value is -0.0800. The van der Waals surface area contributed by atoms with Gasteiger partial charge in [0.05, 0.1) is 0 Å². The summed E-state index contributed by atoms with van der Waals surface area (Å²) in [6.45, 7) is 4.68. The van der Waals surface area contributed by atoms with Crippen molar-refractivity contribution in [1.29, 1.82) is 0 Å². The maximum Gasteiger partial charge on any atom is 0.0250 e. The van der Waals surface area contributed by atoms with Crippen molar-refractivity contribution in [3.63, 3.8) is 0 Å². The standard InChI is InChI=1S/C14H28N2/c1-4-8-13-11(2)15-12-9-6-5-7-10-14(12)16(13)3/h11-15H,4-10H2,1-3H3. The van der Waals surface area contributed by atoms with Gasteiger partial charge >= 0.3 is 0 Å². The number of rotatable bonds is 2. The summed E-state index contributed by atoms with van der Waals surface area (Å²) in [5.41, 5.74) is 0. The molecule has 4 unspecified atom stereocenters. The molecule has 1 heterocycles. The minimum absolute atomic E-state index is 0.671. The molecule has 1 saturated carbocycles. The van der Waals surface area contributed by atoms with Crippen LogP contribution in [0.2, 0.25) is 0 Å². The van der Waals surface area contributed by atoms with E-state index in [-0.39, 0.29) is 0 Å². The van der Waals surface area contributed by atoms with E-state index in [0.717, 1.165) is 18.1 Å². The number of likely N-dealkylation sites (N-methyl/N-ethyl adjacent to an activating group) is 1. The van der Waals surface area contributed by atoms with Gasteiger partial charge in [-0.25, -0.2) is 0 Å². The predicted octanol–water partition coefficient (Wildman–Crippen LogP) is 2.78. The van der Waals surface area contributed by atoms with Crippen molar-refractivity contribution in [3.05, 3.63) is 0 Å². The van der Waals surface area contributed by atoms with Crippen molar-refractivity contribution in [1.82, 2.24) is 10.2 Å². The zero-order chi connectivity index (χ0) is 11.5. The monoisotopic (exact) mass is 224 g/mol. The fraction of sp³-hybridized carbons (Fsp3) is 1.00. The van der Waals surface area contributed by atoms with Gasteiger partial charge in [0.2, 0.25) is 0 Å². The second kappa shape index (κ2) is 5.50. The first-order valence-electron chi connectivity index (χ1n) is 7.22. The van der Waals surface area contributed by atoms with Gasteiger partial charge in [0, 0.05) is 24.2 Å². The Morgan fingerprint density at radius 3 is 2.69 bits per heavy atom. The van der Waals surface area contributed by atoms with E-state index in [4.69, 9.17) is 0 Å². The van der Waals surface area contributed by atoms with Crippen LogP contribution in [0.15, 0.2) is 0 Å². The number of hydrogen-bond acceptors (Lipinski definition) is 2. The van der Waals surface area contributed by atoms with Gasteiger partial charge in [0.25, 0.3) is 0 Å². The molecule has 2 fully saturated rings. The molecule has 94 valence electrons. The first kappa shape index (κ1) is 12.4. The molecule has 2 nitrogen and oxygen atoms in total. The molecule has 0 radical (unpaired) electrons. The SMILES string of the molecule is CCCC1C(C)NC2CCCCCC2N1C. The van der Waals surface area contributed by atoms with E-state index >= 15 is 0 Å². The lowest BCUT2D eigenvalue weighted by molar-refractivity contribution is 0.0504. The number of piperazine rings is 1. The first-order valence-corrected chi connectivity index (χ1v) is 7.22. The average Bonchev–Trinajstić information content (AvgIpc) is 2.49. The third kappa shape index (κ3) is 2.43. The van der Waals surface area contributed by atoms with E-state index in [1.807, 2.05) is 0 Å². The molecule has 1 aliphatic carbocycles. The maximum absolute atomic E-state index is 3.88. The molecule has 2 rings (SSSR count). The summed E-state index contributed by atoms with van der Waals surface area (Å²) < 4.78 is 0. The Morgan fingerprint density at radius 1 is 1.19 bits per heavy atom. The Kier molecular flexibility index (Phi) is 4.26. The minimum atomic E-state index is 0.671. The quantitative estimate of drug-likeness (QED) is 0.776. The van der Waals surface area contributed by atoms with Crippen molar-refractivity contribution in [2.24, 2.45) is 0 Å². The van der Waals surface area contributed by atoms with Gasteiger partial charge in [0.15, 0.2) is 0 Å². The lowest BCUT2D eigenvalue weighted by Crippen LogP contribution is -2.64. The Morgan fingerprint density at radius 2 is 1.94 bits per heavy atom. The van der Waals surface area contributed by atoms with E-state index in [0.29, 0.717) is 6.04 Å². The summed E-state index contributed by atoms with van der Waals surface area (Å²) in [5.74, 6) is 0. The molecule has 4 atom stereocenters. The van der Waals surface area contributed by atoms with Crippen LogP contribution >= 0.6 is 0 Å². The summed E-state index contributed by atoms with van der Waals surface area (Å²) in [6.07, 6.45) is 9.73. The smallest absolute Gasteiger partial charge is 0.0250 e. The molecular formula is C14H28N2. The molecule has 16 heavy (non-hydrogen) atoms. The highest BCUT2D eigenvalue weighted by Gasteiger charge is 2.38. The van der Waals surface area contributed by atoms with Gasteiger partial charge < -0.3 is 5.32 Å². The second-order valence-corrected chi connectivity index (χ2v) is 5.79. The molecule has 1 saturated heterocycles. The topological polar surface area (TPSA) is 15.3 Å². The molecule has 0 spiro atoms. The summed E-state index contributed by atoms with van der Waals surface area (Å²) in [5, 5.41) is 3.88. The molecule has 0 aromatic carbocycles. The predicted molar refractivity (Wildman–Crippen MR) is 69.7 cm³/mol. The van der Waals surface area contributed by atoms with Crippen LogP contribution in [-0.4, -0.2) is 36.1 Å². The summed E-state index contributed by atoms with van der Waals surface area (Å²) in [6, 6.07) is 2.99. The van der Waals surface area contributed by atoms with Crippen LogP contribution in [-0.2, 0) is 0 Å². The molecule has 2 aliphatic rings. The van der Waals surface area contributed by atoms with E-state index in [1.54, 1.807) is 0 Å². The Bertz CT molecular complexity index is 217. The third-order valence-electron chi connectivity index (χ3n) is 4.66. The third-order valence-corrected chi connectivity index (χ3v) is 4.66. The lowest BCUT2D eigenvalue weighted by Gasteiger charge is -2.48. The highest BCUT2D eigenvalue weighted by molar-refractivity contribution is 4.97. The van der Waals surface area contributed by atoms with Gasteiger partial charge in [-0.3, -0.25) is 4.90 Å². The molecule has 1 N–H and O–H groups in total. The van der Waals surface area contributed by atoms with Gasteiger partial charge in [-0.1, -0.05) is 32.6 Å². The Balaban J connectivity index is 2.06. The summed E-state index contributed by atoms with van der Waals surface area (Å²) in [7, 11) is 2.36. The van der Waals surface area contributed by atoms with Gasteiger partial charge in [-0.15, -0.1) is 0 Å². The van der Waals surface area contributed by atoms with Gasteiger partial charge in [-0.05, 0) is 33.2 Å². The van der Waals surface area contributed by atoms with Crippen molar-refractivity contribution in [2.75, 3.05) is 7.05 Å². The molecule has 0 aromatic heterocycles. The van der Waals surface area contributed by atoms with E-state index in [2.05, 4.69) is 31.1 Å². The summed E-state index contributed by atoms with van der Waals surface area (Å²) in [4.78, 5) is 2.70. The van der Waals surface area contributed by atoms with E-state index in [1.165, 1.54) is 44.9 Å². The number of hydrogen-bond donors (Lipinski definition) is 1. The molecule has 0 amide bonds. The fourth-order valence-electron chi connectivity index (χ4n) is 3.77. The molecular weight excluding hydrogens is 196 g/mol. The van der Waals surface area contributed by atoms with Crippen LogP contribution in [0.4, 0.5) is 0 Å². The molecule has 0 aromatic rings. The van der Waals surface area contributed by atoms with Crippen LogP contribution < -0.4 is 5.32 Å². The first-order chi connectivity index (χ1) is 7.74.